The summed E-state index contributed by atoms with van der Waals surface area (Å²) >= 11 is 0. The maximum Gasteiger partial charge on any atom is 0.362 e. The van der Waals surface area contributed by atoms with Crippen LogP contribution in [-0.4, -0.2) is 28.5 Å². The van der Waals surface area contributed by atoms with Crippen molar-refractivity contribution in [1.29, 1.82) is 0 Å². The second-order valence-corrected chi connectivity index (χ2v) is 2.97. The number of ether oxygens (including phenoxy) is 1. The quantitative estimate of drug-likeness (QED) is 0.766. The smallest absolute Gasteiger partial charge is 0.362 e. The topological polar surface area (TPSA) is 85.5 Å². The van der Waals surface area contributed by atoms with E-state index >= 15 is 0 Å². The second kappa shape index (κ2) is 4.01. The van der Waals surface area contributed by atoms with Gasteiger partial charge in [0.2, 0.25) is 5.69 Å². The average molecular weight is 220 g/mol. The number of rotatable bonds is 2. The van der Waals surface area contributed by atoms with Crippen LogP contribution in [-0.2, 0) is 4.74 Å². The molecule has 1 heterocycles. The first-order valence-electron chi connectivity index (χ1n) is 4.43. The van der Waals surface area contributed by atoms with Gasteiger partial charge in [-0.3, -0.25) is 0 Å². The first-order valence-corrected chi connectivity index (χ1v) is 4.43. The van der Waals surface area contributed by atoms with Gasteiger partial charge in [0.05, 0.1) is 7.11 Å². The van der Waals surface area contributed by atoms with Crippen molar-refractivity contribution in [3.05, 3.63) is 30.0 Å². The van der Waals surface area contributed by atoms with Gasteiger partial charge in [-0.05, 0) is 22.4 Å². The molecule has 0 radical (unpaired) electrons. The summed E-state index contributed by atoms with van der Waals surface area (Å²) < 4.78 is 8.98. The van der Waals surface area contributed by atoms with Crippen LogP contribution in [0, 0.1) is 0 Å². The summed E-state index contributed by atoms with van der Waals surface area (Å²) in [5.74, 6) is -0.678. The van der Waals surface area contributed by atoms with Crippen molar-refractivity contribution in [2.45, 2.75) is 0 Å². The molecule has 1 aromatic carbocycles. The summed E-state index contributed by atoms with van der Waals surface area (Å²) in [5.41, 5.74) is 0.457. The van der Waals surface area contributed by atoms with Gasteiger partial charge in [0.25, 0.3) is 0 Å². The van der Waals surface area contributed by atoms with Crippen LogP contribution in [0.2, 0.25) is 0 Å². The Kier molecular flexibility index (Phi) is 2.55. The maximum atomic E-state index is 11.3. The zero-order valence-electron chi connectivity index (χ0n) is 8.38. The molecule has 82 valence electrons. The highest BCUT2D eigenvalue weighted by Crippen LogP contribution is 2.29. The van der Waals surface area contributed by atoms with Crippen LogP contribution in [0.5, 0.6) is 5.75 Å². The van der Waals surface area contributed by atoms with Crippen molar-refractivity contribution < 1.29 is 19.3 Å². The van der Waals surface area contributed by atoms with Crippen LogP contribution in [0.15, 0.2) is 28.9 Å². The molecule has 1 aromatic heterocycles. The van der Waals surface area contributed by atoms with Crippen molar-refractivity contribution >= 4 is 5.97 Å². The number of para-hydroxylation sites is 1. The third-order valence-corrected chi connectivity index (χ3v) is 2.03. The highest BCUT2D eigenvalue weighted by Gasteiger charge is 2.21. The summed E-state index contributed by atoms with van der Waals surface area (Å²) in [6.45, 7) is 0. The molecule has 0 unspecified atom stereocenters. The molecule has 0 fully saturated rings. The zero-order valence-corrected chi connectivity index (χ0v) is 8.38. The summed E-state index contributed by atoms with van der Waals surface area (Å²) in [7, 11) is 1.23. The van der Waals surface area contributed by atoms with Crippen LogP contribution >= 0.6 is 0 Å². The Morgan fingerprint density at radius 2 is 2.12 bits per heavy atom. The normalized spacial score (nSPS) is 10.1. The van der Waals surface area contributed by atoms with Gasteiger partial charge in [-0.2, -0.15) is 0 Å². The van der Waals surface area contributed by atoms with E-state index in [1.54, 1.807) is 18.2 Å². The molecular formula is C10H8N2O4. The van der Waals surface area contributed by atoms with Crippen LogP contribution in [0.1, 0.15) is 10.5 Å². The minimum Gasteiger partial charge on any atom is -0.507 e. The Morgan fingerprint density at radius 3 is 2.81 bits per heavy atom. The Balaban J connectivity index is 2.53. The minimum atomic E-state index is -0.667. The monoisotopic (exact) mass is 220 g/mol. The highest BCUT2D eigenvalue weighted by atomic mass is 16.6. The molecule has 0 aliphatic rings. The van der Waals surface area contributed by atoms with Gasteiger partial charge in [0, 0.05) is 5.56 Å². The SMILES string of the molecule is COC(=O)c1nonc1-c1ccccc1O. The molecule has 0 saturated heterocycles. The molecule has 0 bridgehead atoms. The lowest BCUT2D eigenvalue weighted by atomic mass is 10.1. The number of hydrogen-bond acceptors (Lipinski definition) is 6. The van der Waals surface area contributed by atoms with Crippen LogP contribution < -0.4 is 0 Å². The van der Waals surface area contributed by atoms with Crippen LogP contribution in [0.3, 0.4) is 0 Å². The van der Waals surface area contributed by atoms with Gasteiger partial charge in [0.1, 0.15) is 5.75 Å². The average Bonchev–Trinajstić information content (AvgIpc) is 2.77. The molecule has 16 heavy (non-hydrogen) atoms. The van der Waals surface area contributed by atoms with Crippen molar-refractivity contribution in [3.63, 3.8) is 0 Å². The number of benzene rings is 1. The Labute approximate surface area is 90.4 Å². The maximum absolute atomic E-state index is 11.3. The number of aromatic nitrogens is 2. The first-order chi connectivity index (χ1) is 7.74. The second-order valence-electron chi connectivity index (χ2n) is 2.97. The summed E-state index contributed by atoms with van der Waals surface area (Å²) in [4.78, 5) is 11.3. The first kappa shape index (κ1) is 10.2. The summed E-state index contributed by atoms with van der Waals surface area (Å²) in [5, 5.41) is 16.6. The number of carbonyl (C=O) groups is 1. The van der Waals surface area contributed by atoms with Crippen molar-refractivity contribution in [2.24, 2.45) is 0 Å². The van der Waals surface area contributed by atoms with E-state index in [9.17, 15) is 9.90 Å². The summed E-state index contributed by atoms with van der Waals surface area (Å²) in [6, 6.07) is 6.43. The Morgan fingerprint density at radius 1 is 1.38 bits per heavy atom. The van der Waals surface area contributed by atoms with E-state index in [0.29, 0.717) is 5.56 Å². The van der Waals surface area contributed by atoms with Crippen molar-refractivity contribution in [2.75, 3.05) is 7.11 Å². The largest absolute Gasteiger partial charge is 0.507 e. The molecule has 6 nitrogen and oxygen atoms in total. The van der Waals surface area contributed by atoms with Gasteiger partial charge in [-0.15, -0.1) is 0 Å². The van der Waals surface area contributed by atoms with E-state index in [4.69, 9.17) is 0 Å². The predicted octanol–water partition coefficient (Wildman–Crippen LogP) is 1.23. The number of hydrogen-bond donors (Lipinski definition) is 1. The lowest BCUT2D eigenvalue weighted by Gasteiger charge is -2.00. The number of phenolic OH excluding ortho intramolecular Hbond substituents is 1. The molecule has 2 aromatic rings. The molecule has 0 amide bonds. The fourth-order valence-electron chi connectivity index (χ4n) is 1.27. The van der Waals surface area contributed by atoms with Gasteiger partial charge in [-0.1, -0.05) is 12.1 Å². The fourth-order valence-corrected chi connectivity index (χ4v) is 1.27. The number of esters is 1. The highest BCUT2D eigenvalue weighted by molar-refractivity contribution is 5.94. The minimum absolute atomic E-state index is 0.0108. The van der Waals surface area contributed by atoms with Crippen LogP contribution in [0.25, 0.3) is 11.3 Å². The van der Waals surface area contributed by atoms with Gasteiger partial charge in [-0.25, -0.2) is 9.42 Å². The van der Waals surface area contributed by atoms with E-state index in [2.05, 4.69) is 19.7 Å². The van der Waals surface area contributed by atoms with E-state index in [-0.39, 0.29) is 17.1 Å². The number of phenols is 1. The van der Waals surface area contributed by atoms with Crippen molar-refractivity contribution in [1.82, 2.24) is 10.3 Å². The van der Waals surface area contributed by atoms with E-state index in [1.165, 1.54) is 13.2 Å². The number of carbonyl (C=O) groups excluding carboxylic acids is 1. The predicted molar refractivity (Wildman–Crippen MR) is 52.7 cm³/mol. The van der Waals surface area contributed by atoms with Gasteiger partial charge < -0.3 is 9.84 Å². The van der Waals surface area contributed by atoms with Gasteiger partial charge >= 0.3 is 5.97 Å². The molecule has 0 saturated carbocycles. The molecule has 0 aliphatic heterocycles. The van der Waals surface area contributed by atoms with E-state index in [1.807, 2.05) is 0 Å². The Bertz CT molecular complexity index is 521. The molecular weight excluding hydrogens is 212 g/mol. The molecule has 6 heteroatoms. The standard InChI is InChI=1S/C10H8N2O4/c1-15-10(14)9-8(11-16-12-9)6-4-2-3-5-7(6)13/h2-5,13H,1H3. The fraction of sp³-hybridized carbons (Fsp3) is 0.100. The zero-order chi connectivity index (χ0) is 11.5. The third kappa shape index (κ3) is 1.60. The van der Waals surface area contributed by atoms with E-state index < -0.39 is 5.97 Å². The molecule has 0 atom stereocenters. The summed E-state index contributed by atoms with van der Waals surface area (Å²) in [6.07, 6.45) is 0. The van der Waals surface area contributed by atoms with Crippen molar-refractivity contribution in [3.8, 4) is 17.0 Å². The number of methoxy groups -OCH3 is 1. The molecule has 0 spiro atoms. The van der Waals surface area contributed by atoms with E-state index in [0.717, 1.165) is 0 Å². The molecule has 0 aliphatic carbocycles. The number of aromatic hydroxyl groups is 1. The molecule has 2 rings (SSSR count). The van der Waals surface area contributed by atoms with Gasteiger partial charge in [0.15, 0.2) is 5.69 Å². The molecule has 1 N–H and O–H groups in total. The lowest BCUT2D eigenvalue weighted by molar-refractivity contribution is 0.0589. The number of nitrogens with zero attached hydrogens (tertiary/aromatic N) is 2. The lowest BCUT2D eigenvalue weighted by Crippen LogP contribution is -2.03. The van der Waals surface area contributed by atoms with Crippen LogP contribution in [0.4, 0.5) is 0 Å². The Hall–Kier alpha value is -2.37. The third-order valence-electron chi connectivity index (χ3n) is 2.03.